The van der Waals surface area contributed by atoms with Gasteiger partial charge in [-0.15, -0.1) is 0 Å². The second-order valence-electron chi connectivity index (χ2n) is 3.59. The molecule has 0 saturated heterocycles. The van der Waals surface area contributed by atoms with E-state index in [4.69, 9.17) is 5.11 Å². The lowest BCUT2D eigenvalue weighted by Gasteiger charge is -2.26. The van der Waals surface area contributed by atoms with Gasteiger partial charge in [0.1, 0.15) is 0 Å². The van der Waals surface area contributed by atoms with Crippen molar-refractivity contribution in [3.8, 4) is 0 Å². The smallest absolute Gasteiger partial charge is 0.317 e. The normalized spacial score (nSPS) is 20.4. The fourth-order valence-corrected chi connectivity index (χ4v) is 2.81. The average molecular weight is 203 g/mol. The minimum atomic E-state index is -0.769. The van der Waals surface area contributed by atoms with Crippen molar-refractivity contribution >= 4 is 17.7 Å². The molecule has 0 atom stereocenters. The molecule has 0 aromatic heterocycles. The van der Waals surface area contributed by atoms with E-state index in [-0.39, 0.29) is 6.54 Å². The van der Waals surface area contributed by atoms with Crippen LogP contribution in [0.4, 0.5) is 0 Å². The summed E-state index contributed by atoms with van der Waals surface area (Å²) in [6, 6.07) is 0. The fraction of sp³-hybridized carbons (Fsp3) is 0.889. The van der Waals surface area contributed by atoms with Crippen LogP contribution in [0.2, 0.25) is 0 Å². The van der Waals surface area contributed by atoms with E-state index in [1.807, 2.05) is 11.8 Å². The highest BCUT2D eigenvalue weighted by atomic mass is 32.2. The first-order chi connectivity index (χ1) is 6.18. The van der Waals surface area contributed by atoms with Crippen molar-refractivity contribution in [3.63, 3.8) is 0 Å². The van der Waals surface area contributed by atoms with Crippen LogP contribution in [-0.2, 0) is 4.79 Å². The highest BCUT2D eigenvalue weighted by Crippen LogP contribution is 2.39. The molecular weight excluding hydrogens is 186 g/mol. The molecule has 0 aromatic carbocycles. The summed E-state index contributed by atoms with van der Waals surface area (Å²) in [4.78, 5) is 10.3. The monoisotopic (exact) mass is 203 g/mol. The van der Waals surface area contributed by atoms with Gasteiger partial charge in [-0.1, -0.05) is 12.8 Å². The van der Waals surface area contributed by atoms with Crippen LogP contribution in [0.5, 0.6) is 0 Å². The molecule has 0 bridgehead atoms. The molecule has 1 fully saturated rings. The van der Waals surface area contributed by atoms with E-state index >= 15 is 0 Å². The number of carbonyl (C=O) groups is 1. The lowest BCUT2D eigenvalue weighted by Crippen LogP contribution is -2.37. The fourth-order valence-electron chi connectivity index (χ4n) is 1.87. The summed E-state index contributed by atoms with van der Waals surface area (Å²) in [6.45, 7) is 0.919. The molecule has 3 nitrogen and oxygen atoms in total. The number of hydrogen-bond acceptors (Lipinski definition) is 3. The van der Waals surface area contributed by atoms with Gasteiger partial charge >= 0.3 is 5.97 Å². The zero-order valence-electron chi connectivity index (χ0n) is 8.01. The molecular formula is C9H17NO2S. The maximum Gasteiger partial charge on any atom is 0.317 e. The standard InChI is InChI=1S/C9H17NO2S/c1-13-9(4-2-3-5-9)7-10-6-8(11)12/h10H,2-7H2,1H3,(H,11,12). The third kappa shape index (κ3) is 3.19. The Bertz CT molecular complexity index is 178. The first-order valence-corrected chi connectivity index (χ1v) is 5.89. The Hall–Kier alpha value is -0.220. The molecule has 0 aromatic rings. The molecule has 13 heavy (non-hydrogen) atoms. The van der Waals surface area contributed by atoms with E-state index in [0.29, 0.717) is 4.75 Å². The van der Waals surface area contributed by atoms with Crippen molar-refractivity contribution in [1.82, 2.24) is 5.32 Å². The second kappa shape index (κ2) is 4.86. The molecule has 1 aliphatic carbocycles. The minimum absolute atomic E-state index is 0.0856. The third-order valence-corrected chi connectivity index (χ3v) is 4.09. The van der Waals surface area contributed by atoms with Gasteiger partial charge < -0.3 is 10.4 Å². The Morgan fingerprint density at radius 1 is 1.54 bits per heavy atom. The molecule has 4 heteroatoms. The van der Waals surface area contributed by atoms with Crippen LogP contribution < -0.4 is 5.32 Å². The first kappa shape index (κ1) is 10.9. The Labute approximate surface area is 83.3 Å². The number of rotatable bonds is 5. The summed E-state index contributed by atoms with van der Waals surface area (Å²) < 4.78 is 0.315. The lowest BCUT2D eigenvalue weighted by atomic mass is 10.1. The van der Waals surface area contributed by atoms with Crippen LogP contribution in [-0.4, -0.2) is 35.2 Å². The molecule has 0 radical (unpaired) electrons. The van der Waals surface area contributed by atoms with Gasteiger partial charge in [-0.3, -0.25) is 4.79 Å². The molecule has 1 rings (SSSR count). The number of hydrogen-bond donors (Lipinski definition) is 2. The van der Waals surface area contributed by atoms with E-state index in [2.05, 4.69) is 11.6 Å². The largest absolute Gasteiger partial charge is 0.480 e. The van der Waals surface area contributed by atoms with E-state index < -0.39 is 5.97 Å². The number of aliphatic carboxylic acids is 1. The molecule has 2 N–H and O–H groups in total. The summed E-state index contributed by atoms with van der Waals surface area (Å²) in [7, 11) is 0. The molecule has 1 saturated carbocycles. The summed E-state index contributed by atoms with van der Waals surface area (Å²) in [6.07, 6.45) is 7.14. The predicted octanol–water partition coefficient (Wildman–Crippen LogP) is 1.34. The Morgan fingerprint density at radius 3 is 2.62 bits per heavy atom. The Kier molecular flexibility index (Phi) is 4.06. The van der Waals surface area contributed by atoms with Crippen LogP contribution in [0.1, 0.15) is 25.7 Å². The number of thioether (sulfide) groups is 1. The van der Waals surface area contributed by atoms with Crippen molar-refractivity contribution < 1.29 is 9.90 Å². The molecule has 1 aliphatic rings. The van der Waals surface area contributed by atoms with E-state index in [0.717, 1.165) is 6.54 Å². The average Bonchev–Trinajstić information content (AvgIpc) is 2.53. The number of carboxylic acids is 1. The molecule has 76 valence electrons. The van der Waals surface area contributed by atoms with Crippen molar-refractivity contribution in [3.05, 3.63) is 0 Å². The molecule has 0 heterocycles. The van der Waals surface area contributed by atoms with Gasteiger partial charge in [0.2, 0.25) is 0 Å². The van der Waals surface area contributed by atoms with E-state index in [1.54, 1.807) is 0 Å². The van der Waals surface area contributed by atoms with Gasteiger partial charge in [0.15, 0.2) is 0 Å². The summed E-state index contributed by atoms with van der Waals surface area (Å²) in [5.74, 6) is -0.769. The van der Waals surface area contributed by atoms with Gasteiger partial charge in [-0.25, -0.2) is 0 Å². The number of nitrogens with one attached hydrogen (secondary N) is 1. The van der Waals surface area contributed by atoms with Gasteiger partial charge in [0.05, 0.1) is 6.54 Å². The third-order valence-electron chi connectivity index (χ3n) is 2.67. The van der Waals surface area contributed by atoms with Crippen LogP contribution in [0.15, 0.2) is 0 Å². The highest BCUT2D eigenvalue weighted by Gasteiger charge is 2.32. The maximum atomic E-state index is 10.3. The van der Waals surface area contributed by atoms with Crippen LogP contribution in [0.3, 0.4) is 0 Å². The highest BCUT2D eigenvalue weighted by molar-refractivity contribution is 8.00. The van der Waals surface area contributed by atoms with Gasteiger partial charge in [-0.2, -0.15) is 11.8 Å². The zero-order valence-corrected chi connectivity index (χ0v) is 8.82. The van der Waals surface area contributed by atoms with Crippen LogP contribution in [0, 0.1) is 0 Å². The summed E-state index contributed by atoms with van der Waals surface area (Å²) in [5, 5.41) is 11.5. The SMILES string of the molecule is CSC1(CNCC(=O)O)CCCC1. The zero-order chi connectivity index (χ0) is 9.73. The molecule has 0 unspecified atom stereocenters. The lowest BCUT2D eigenvalue weighted by molar-refractivity contribution is -0.135. The summed E-state index contributed by atoms with van der Waals surface area (Å²) >= 11 is 1.88. The van der Waals surface area contributed by atoms with Crippen LogP contribution in [0.25, 0.3) is 0 Å². The van der Waals surface area contributed by atoms with Gasteiger partial charge in [-0.05, 0) is 19.1 Å². The summed E-state index contributed by atoms with van der Waals surface area (Å²) in [5.41, 5.74) is 0. The maximum absolute atomic E-state index is 10.3. The number of carboxylic acid groups (broad SMARTS) is 1. The first-order valence-electron chi connectivity index (χ1n) is 4.66. The van der Waals surface area contributed by atoms with Crippen molar-refractivity contribution in [2.75, 3.05) is 19.3 Å². The van der Waals surface area contributed by atoms with Gasteiger partial charge in [0.25, 0.3) is 0 Å². The second-order valence-corrected chi connectivity index (χ2v) is 4.87. The minimum Gasteiger partial charge on any atom is -0.480 e. The quantitative estimate of drug-likeness (QED) is 0.708. The van der Waals surface area contributed by atoms with Crippen molar-refractivity contribution in [2.24, 2.45) is 0 Å². The molecule has 0 spiro atoms. The molecule has 0 amide bonds. The van der Waals surface area contributed by atoms with E-state index in [1.165, 1.54) is 25.7 Å². The van der Waals surface area contributed by atoms with Crippen molar-refractivity contribution in [1.29, 1.82) is 0 Å². The Balaban J connectivity index is 2.27. The Morgan fingerprint density at radius 2 is 2.15 bits per heavy atom. The predicted molar refractivity (Wildman–Crippen MR) is 55.2 cm³/mol. The van der Waals surface area contributed by atoms with Crippen molar-refractivity contribution in [2.45, 2.75) is 30.4 Å². The van der Waals surface area contributed by atoms with Gasteiger partial charge in [0, 0.05) is 11.3 Å². The topological polar surface area (TPSA) is 49.3 Å². The molecule has 0 aliphatic heterocycles. The van der Waals surface area contributed by atoms with Crippen LogP contribution >= 0.6 is 11.8 Å². The van der Waals surface area contributed by atoms with E-state index in [9.17, 15) is 4.79 Å².